The van der Waals surface area contributed by atoms with Gasteiger partial charge in [0.2, 0.25) is 0 Å². The van der Waals surface area contributed by atoms with Crippen molar-refractivity contribution < 1.29 is 4.42 Å². The summed E-state index contributed by atoms with van der Waals surface area (Å²) >= 11 is 0. The maximum absolute atomic E-state index is 5.89. The van der Waals surface area contributed by atoms with Gasteiger partial charge in [0.05, 0.1) is 6.54 Å². The number of nitrogens with zero attached hydrogens (tertiary/aromatic N) is 1. The van der Waals surface area contributed by atoms with Crippen LogP contribution in [0.5, 0.6) is 0 Å². The average Bonchev–Trinajstić information content (AvgIpc) is 2.65. The summed E-state index contributed by atoms with van der Waals surface area (Å²) in [7, 11) is 0. The lowest BCUT2D eigenvalue weighted by Gasteiger charge is -2.34. The highest BCUT2D eigenvalue weighted by atomic mass is 16.3. The zero-order valence-electron chi connectivity index (χ0n) is 14.8. The van der Waals surface area contributed by atoms with E-state index in [9.17, 15) is 0 Å². The minimum absolute atomic E-state index is 0.0984. The van der Waals surface area contributed by atoms with Gasteiger partial charge in [0.1, 0.15) is 11.5 Å². The minimum Gasteiger partial charge on any atom is -0.465 e. The molecule has 0 spiro atoms. The summed E-state index contributed by atoms with van der Waals surface area (Å²) in [5.74, 6) is 2.02. The van der Waals surface area contributed by atoms with Gasteiger partial charge in [0.15, 0.2) is 0 Å². The second-order valence-corrected chi connectivity index (χ2v) is 7.74. The Morgan fingerprint density at radius 3 is 2.33 bits per heavy atom. The lowest BCUT2D eigenvalue weighted by molar-refractivity contribution is 0.144. The first-order chi connectivity index (χ1) is 9.53. The number of hydrogen-bond acceptors (Lipinski definition) is 3. The van der Waals surface area contributed by atoms with Gasteiger partial charge in [-0.2, -0.15) is 0 Å². The van der Waals surface area contributed by atoms with Crippen LogP contribution in [0.2, 0.25) is 0 Å². The van der Waals surface area contributed by atoms with Crippen molar-refractivity contribution in [3.63, 3.8) is 0 Å². The Morgan fingerprint density at radius 1 is 1.24 bits per heavy atom. The molecule has 1 heterocycles. The summed E-state index contributed by atoms with van der Waals surface area (Å²) in [6.07, 6.45) is 1.96. The molecule has 1 rings (SSSR count). The molecule has 0 aliphatic rings. The van der Waals surface area contributed by atoms with Crippen molar-refractivity contribution >= 4 is 0 Å². The fourth-order valence-electron chi connectivity index (χ4n) is 2.12. The van der Waals surface area contributed by atoms with Crippen LogP contribution in [0, 0.1) is 6.92 Å². The predicted octanol–water partition coefficient (Wildman–Crippen LogP) is 4.26. The first kappa shape index (κ1) is 18.0. The molecule has 0 radical (unpaired) electrons. The second-order valence-electron chi connectivity index (χ2n) is 7.74. The van der Waals surface area contributed by atoms with Gasteiger partial charge < -0.3 is 9.73 Å². The Hall–Kier alpha value is -1.06. The van der Waals surface area contributed by atoms with Crippen LogP contribution in [0.15, 0.2) is 23.1 Å². The Morgan fingerprint density at radius 2 is 1.86 bits per heavy atom. The molecule has 3 nitrogen and oxygen atoms in total. The molecule has 1 N–H and O–H groups in total. The molecule has 0 aliphatic carbocycles. The van der Waals surface area contributed by atoms with Crippen molar-refractivity contribution in [3.8, 4) is 0 Å². The molecular formula is C18H32N2O. The van der Waals surface area contributed by atoms with Crippen LogP contribution in [0.25, 0.3) is 0 Å². The van der Waals surface area contributed by atoms with Gasteiger partial charge in [0, 0.05) is 29.7 Å². The maximum Gasteiger partial charge on any atom is 0.118 e. The SMILES string of the molecule is C=CCN(Cc1cc(CNC(C)(C)C)oc1C)C(C)(C)C. The van der Waals surface area contributed by atoms with E-state index >= 15 is 0 Å². The third kappa shape index (κ3) is 6.06. The smallest absolute Gasteiger partial charge is 0.118 e. The summed E-state index contributed by atoms with van der Waals surface area (Å²) in [6, 6.07) is 2.18. The Labute approximate surface area is 130 Å². The van der Waals surface area contributed by atoms with Gasteiger partial charge in [0.25, 0.3) is 0 Å². The summed E-state index contributed by atoms with van der Waals surface area (Å²) in [4.78, 5) is 2.40. The topological polar surface area (TPSA) is 28.4 Å². The average molecular weight is 292 g/mol. The quantitative estimate of drug-likeness (QED) is 0.794. The zero-order chi connectivity index (χ0) is 16.3. The molecule has 1 aromatic heterocycles. The molecule has 0 fully saturated rings. The van der Waals surface area contributed by atoms with Crippen molar-refractivity contribution in [2.24, 2.45) is 0 Å². The van der Waals surface area contributed by atoms with Gasteiger partial charge in [-0.1, -0.05) is 6.08 Å². The molecule has 0 unspecified atom stereocenters. The predicted molar refractivity (Wildman–Crippen MR) is 90.4 cm³/mol. The second kappa shape index (κ2) is 6.80. The summed E-state index contributed by atoms with van der Waals surface area (Å²) in [5.41, 5.74) is 1.47. The summed E-state index contributed by atoms with van der Waals surface area (Å²) in [5, 5.41) is 3.46. The van der Waals surface area contributed by atoms with Crippen molar-refractivity contribution in [2.45, 2.75) is 72.6 Å². The molecule has 0 saturated heterocycles. The first-order valence-corrected chi connectivity index (χ1v) is 7.72. The van der Waals surface area contributed by atoms with Crippen molar-refractivity contribution in [3.05, 3.63) is 35.8 Å². The number of hydrogen-bond donors (Lipinski definition) is 1. The van der Waals surface area contributed by atoms with E-state index in [0.29, 0.717) is 0 Å². The third-order valence-electron chi connectivity index (χ3n) is 3.52. The van der Waals surface area contributed by atoms with Crippen LogP contribution in [0.3, 0.4) is 0 Å². The van der Waals surface area contributed by atoms with E-state index in [0.717, 1.165) is 31.2 Å². The standard InChI is InChI=1S/C18H32N2O/c1-9-10-20(18(6,7)8)13-15-11-16(21-14(15)2)12-19-17(3,4)5/h9,11,19H,1,10,12-13H2,2-8H3. The fraction of sp³-hybridized carbons (Fsp3) is 0.667. The van der Waals surface area contributed by atoms with Crippen LogP contribution in [-0.4, -0.2) is 22.5 Å². The highest BCUT2D eigenvalue weighted by Gasteiger charge is 2.22. The molecule has 0 atom stereocenters. The Kier molecular flexibility index (Phi) is 5.83. The molecule has 3 heteroatoms. The molecule has 0 aromatic carbocycles. The number of rotatable bonds is 6. The van der Waals surface area contributed by atoms with Crippen molar-refractivity contribution in [1.82, 2.24) is 10.2 Å². The lowest BCUT2D eigenvalue weighted by atomic mass is 10.0. The highest BCUT2D eigenvalue weighted by Crippen LogP contribution is 2.22. The Balaban J connectivity index is 2.79. The normalized spacial score (nSPS) is 13.0. The van der Waals surface area contributed by atoms with E-state index in [2.05, 4.69) is 64.4 Å². The fourth-order valence-corrected chi connectivity index (χ4v) is 2.12. The van der Waals surface area contributed by atoms with Gasteiger partial charge in [-0.05, 0) is 54.5 Å². The van der Waals surface area contributed by atoms with Crippen LogP contribution >= 0.6 is 0 Å². The number of furan rings is 1. The molecule has 0 bridgehead atoms. The van der Waals surface area contributed by atoms with Gasteiger partial charge in [-0.3, -0.25) is 4.90 Å². The monoisotopic (exact) mass is 292 g/mol. The molecule has 0 aliphatic heterocycles. The van der Waals surface area contributed by atoms with Crippen LogP contribution in [-0.2, 0) is 13.1 Å². The molecule has 21 heavy (non-hydrogen) atoms. The summed E-state index contributed by atoms with van der Waals surface area (Å²) in [6.45, 7) is 21.6. The molecule has 0 saturated carbocycles. The van der Waals surface area contributed by atoms with Gasteiger partial charge in [-0.15, -0.1) is 6.58 Å². The van der Waals surface area contributed by atoms with E-state index < -0.39 is 0 Å². The van der Waals surface area contributed by atoms with E-state index in [1.165, 1.54) is 5.56 Å². The molecular weight excluding hydrogens is 260 g/mol. The van der Waals surface area contributed by atoms with Gasteiger partial charge in [-0.25, -0.2) is 0 Å². The molecule has 1 aromatic rings. The van der Waals surface area contributed by atoms with Crippen molar-refractivity contribution in [2.75, 3.05) is 6.54 Å². The van der Waals surface area contributed by atoms with E-state index in [-0.39, 0.29) is 11.1 Å². The van der Waals surface area contributed by atoms with Gasteiger partial charge >= 0.3 is 0 Å². The van der Waals surface area contributed by atoms with Crippen LogP contribution < -0.4 is 5.32 Å². The van der Waals surface area contributed by atoms with Crippen LogP contribution in [0.4, 0.5) is 0 Å². The van der Waals surface area contributed by atoms with E-state index in [4.69, 9.17) is 4.42 Å². The molecule has 0 amide bonds. The zero-order valence-corrected chi connectivity index (χ0v) is 14.8. The molecule has 120 valence electrons. The third-order valence-corrected chi connectivity index (χ3v) is 3.52. The van der Waals surface area contributed by atoms with Crippen LogP contribution in [0.1, 0.15) is 58.6 Å². The first-order valence-electron chi connectivity index (χ1n) is 7.72. The van der Waals surface area contributed by atoms with E-state index in [1.807, 2.05) is 13.0 Å². The highest BCUT2D eigenvalue weighted by molar-refractivity contribution is 5.21. The van der Waals surface area contributed by atoms with E-state index in [1.54, 1.807) is 0 Å². The Bertz CT molecular complexity index is 461. The number of aryl methyl sites for hydroxylation is 1. The maximum atomic E-state index is 5.89. The summed E-state index contributed by atoms with van der Waals surface area (Å²) < 4.78 is 5.89. The number of nitrogens with one attached hydrogen (secondary N) is 1. The van der Waals surface area contributed by atoms with Crippen molar-refractivity contribution in [1.29, 1.82) is 0 Å². The largest absolute Gasteiger partial charge is 0.465 e. The lowest BCUT2D eigenvalue weighted by Crippen LogP contribution is -2.40. The minimum atomic E-state index is 0.0984.